The highest BCUT2D eigenvalue weighted by molar-refractivity contribution is 7.15. The molecule has 0 radical (unpaired) electrons. The van der Waals surface area contributed by atoms with Crippen LogP contribution in [0.3, 0.4) is 0 Å². The molecule has 0 fully saturated rings. The minimum atomic E-state index is -0.995. The number of Topliss-reactive ketones (excluding diaryl/α,β-unsaturated/α-hetero) is 1. The number of ether oxygens (including phenoxy) is 1. The number of carbonyl (C=O) groups is 3. The Kier molecular flexibility index (Phi) is 6.46. The number of nitrogens with zero attached hydrogens (tertiary/aromatic N) is 2. The van der Waals surface area contributed by atoms with Crippen LogP contribution < -0.4 is 0 Å². The average molecular weight is 489 g/mol. The van der Waals surface area contributed by atoms with E-state index in [2.05, 4.69) is 4.98 Å². The van der Waals surface area contributed by atoms with Gasteiger partial charge in [-0.25, -0.2) is 14.6 Å². The molecule has 2 aliphatic rings. The van der Waals surface area contributed by atoms with Gasteiger partial charge in [0.15, 0.2) is 5.78 Å². The van der Waals surface area contributed by atoms with Crippen molar-refractivity contribution in [1.29, 1.82) is 0 Å². The van der Waals surface area contributed by atoms with Gasteiger partial charge in [-0.15, -0.1) is 22.7 Å². The molecule has 9 heteroatoms. The highest BCUT2D eigenvalue weighted by Gasteiger charge is 2.32. The first-order valence-corrected chi connectivity index (χ1v) is 12.8. The van der Waals surface area contributed by atoms with E-state index in [1.54, 1.807) is 16.2 Å². The van der Waals surface area contributed by atoms with Gasteiger partial charge in [0.2, 0.25) is 0 Å². The van der Waals surface area contributed by atoms with Gasteiger partial charge in [0.1, 0.15) is 10.6 Å². The van der Waals surface area contributed by atoms with Gasteiger partial charge in [-0.1, -0.05) is 0 Å². The number of aliphatic carboxylic acids is 1. The fourth-order valence-corrected chi connectivity index (χ4v) is 6.66. The number of carboxylic acid groups (broad SMARTS) is 1. The van der Waals surface area contributed by atoms with E-state index in [4.69, 9.17) is 4.74 Å². The lowest BCUT2D eigenvalue weighted by Gasteiger charge is -2.30. The zero-order valence-corrected chi connectivity index (χ0v) is 21.0. The molecule has 2 aromatic rings. The lowest BCUT2D eigenvalue weighted by molar-refractivity contribution is -0.133. The zero-order valence-electron chi connectivity index (χ0n) is 19.3. The van der Waals surface area contributed by atoms with Gasteiger partial charge in [0.05, 0.1) is 6.54 Å². The summed E-state index contributed by atoms with van der Waals surface area (Å²) in [7, 11) is 0. The van der Waals surface area contributed by atoms with Gasteiger partial charge in [-0.2, -0.15) is 0 Å². The van der Waals surface area contributed by atoms with Crippen LogP contribution in [-0.4, -0.2) is 45.0 Å². The Labute approximate surface area is 201 Å². The van der Waals surface area contributed by atoms with Crippen molar-refractivity contribution in [3.05, 3.63) is 37.5 Å². The standard InChI is InChI=1S/C24H28N2O5S2/c1-13-12-32-21(25-13)20-16-8-9-26(23(30)31-24(2,3)4)11-19(16)33-18(20)10-17(27)14-6-5-7-15(14)22(28)29/h12H,5-11H2,1-4H3,(H,28,29). The van der Waals surface area contributed by atoms with E-state index in [9.17, 15) is 19.5 Å². The molecule has 0 saturated carbocycles. The van der Waals surface area contributed by atoms with Crippen molar-refractivity contribution in [3.8, 4) is 10.6 Å². The summed E-state index contributed by atoms with van der Waals surface area (Å²) in [5.74, 6) is -1.12. The van der Waals surface area contributed by atoms with Crippen molar-refractivity contribution in [1.82, 2.24) is 9.88 Å². The minimum absolute atomic E-state index is 0.123. The van der Waals surface area contributed by atoms with E-state index >= 15 is 0 Å². The summed E-state index contributed by atoms with van der Waals surface area (Å²) in [6, 6.07) is 0. The molecule has 0 spiro atoms. The van der Waals surface area contributed by atoms with Gasteiger partial charge in [-0.05, 0) is 58.9 Å². The quantitative estimate of drug-likeness (QED) is 0.625. The Balaban J connectivity index is 1.67. The van der Waals surface area contributed by atoms with Crippen LogP contribution >= 0.6 is 22.7 Å². The summed E-state index contributed by atoms with van der Waals surface area (Å²) in [6.45, 7) is 8.46. The molecule has 2 aromatic heterocycles. The molecule has 0 aromatic carbocycles. The smallest absolute Gasteiger partial charge is 0.410 e. The molecule has 7 nitrogen and oxygen atoms in total. The molecular formula is C24H28N2O5S2. The van der Waals surface area contributed by atoms with E-state index < -0.39 is 11.6 Å². The Morgan fingerprint density at radius 2 is 1.91 bits per heavy atom. The van der Waals surface area contributed by atoms with Gasteiger partial charge in [-0.3, -0.25) is 4.79 Å². The number of thiophene rings is 1. The molecule has 4 rings (SSSR count). The number of carbonyl (C=O) groups excluding carboxylic acids is 2. The SMILES string of the molecule is Cc1csc(-c2c(CC(=O)C3=C(C(=O)O)CCC3)sc3c2CCN(C(=O)OC(C)(C)C)C3)n1. The normalized spacial score (nSPS) is 16.2. The third-order valence-electron chi connectivity index (χ3n) is 5.75. The van der Waals surface area contributed by atoms with E-state index in [-0.39, 0.29) is 23.9 Å². The number of allylic oxidation sites excluding steroid dienone is 1. The van der Waals surface area contributed by atoms with Crippen molar-refractivity contribution >= 4 is 40.5 Å². The van der Waals surface area contributed by atoms with Crippen molar-refractivity contribution in [2.75, 3.05) is 6.54 Å². The molecule has 1 aliphatic heterocycles. The first kappa shape index (κ1) is 23.6. The summed E-state index contributed by atoms with van der Waals surface area (Å²) in [5.41, 5.74) is 3.18. The third-order valence-corrected chi connectivity index (χ3v) is 7.94. The molecule has 3 heterocycles. The van der Waals surface area contributed by atoms with E-state index in [1.165, 1.54) is 11.3 Å². The molecule has 176 valence electrons. The van der Waals surface area contributed by atoms with E-state index in [0.29, 0.717) is 44.3 Å². The van der Waals surface area contributed by atoms with Gasteiger partial charge in [0.25, 0.3) is 0 Å². The van der Waals surface area contributed by atoms with Crippen LogP contribution in [0.5, 0.6) is 0 Å². The summed E-state index contributed by atoms with van der Waals surface area (Å²) in [6.07, 6.45) is 2.14. The van der Waals surface area contributed by atoms with Crippen molar-refractivity contribution in [2.24, 2.45) is 0 Å². The third kappa shape index (κ3) is 5.04. The molecule has 1 N–H and O–H groups in total. The van der Waals surface area contributed by atoms with Crippen LogP contribution in [0, 0.1) is 6.92 Å². The van der Waals surface area contributed by atoms with Crippen LogP contribution in [0.25, 0.3) is 10.6 Å². The maximum Gasteiger partial charge on any atom is 0.410 e. The molecule has 1 aliphatic carbocycles. The summed E-state index contributed by atoms with van der Waals surface area (Å²) >= 11 is 3.08. The predicted molar refractivity (Wildman–Crippen MR) is 128 cm³/mol. The van der Waals surface area contributed by atoms with E-state index in [1.807, 2.05) is 33.1 Å². The second-order valence-electron chi connectivity index (χ2n) is 9.46. The maximum atomic E-state index is 13.1. The van der Waals surface area contributed by atoms with Crippen LogP contribution in [0.2, 0.25) is 0 Å². The second kappa shape index (κ2) is 9.02. The molecule has 0 atom stereocenters. The molecule has 0 saturated heterocycles. The lowest BCUT2D eigenvalue weighted by atomic mass is 9.98. The highest BCUT2D eigenvalue weighted by Crippen LogP contribution is 2.42. The summed E-state index contributed by atoms with van der Waals surface area (Å²) in [4.78, 5) is 45.6. The van der Waals surface area contributed by atoms with Crippen LogP contribution in [0.15, 0.2) is 16.5 Å². The molecular weight excluding hydrogens is 460 g/mol. The number of rotatable bonds is 5. The van der Waals surface area contributed by atoms with Gasteiger partial charge in [0, 0.05) is 50.5 Å². The molecule has 1 amide bonds. The Hall–Kier alpha value is -2.52. The number of carboxylic acids is 1. The van der Waals surface area contributed by atoms with Crippen molar-refractivity contribution < 1.29 is 24.2 Å². The van der Waals surface area contributed by atoms with Crippen LogP contribution in [0.1, 0.15) is 61.0 Å². The van der Waals surface area contributed by atoms with Gasteiger partial charge < -0.3 is 14.7 Å². The number of amides is 1. The highest BCUT2D eigenvalue weighted by atomic mass is 32.1. The largest absolute Gasteiger partial charge is 0.478 e. The summed E-state index contributed by atoms with van der Waals surface area (Å²) < 4.78 is 5.55. The number of fused-ring (bicyclic) bond motifs is 1. The average Bonchev–Trinajstić information content (AvgIpc) is 3.43. The second-order valence-corrected chi connectivity index (χ2v) is 11.5. The molecule has 0 unspecified atom stereocenters. The first-order valence-electron chi connectivity index (χ1n) is 11.1. The van der Waals surface area contributed by atoms with Crippen LogP contribution in [0.4, 0.5) is 4.79 Å². The van der Waals surface area contributed by atoms with Crippen molar-refractivity contribution in [3.63, 3.8) is 0 Å². The van der Waals surface area contributed by atoms with E-state index in [0.717, 1.165) is 31.6 Å². The monoisotopic (exact) mass is 488 g/mol. The van der Waals surface area contributed by atoms with Crippen LogP contribution in [-0.2, 0) is 33.7 Å². The summed E-state index contributed by atoms with van der Waals surface area (Å²) in [5, 5.41) is 12.3. The number of ketones is 1. The number of hydrogen-bond acceptors (Lipinski definition) is 7. The number of thiazole rings is 1. The predicted octanol–water partition coefficient (Wildman–Crippen LogP) is 5.15. The molecule has 0 bridgehead atoms. The topological polar surface area (TPSA) is 96.8 Å². The fourth-order valence-electron chi connectivity index (χ4n) is 4.32. The fraction of sp³-hybridized carbons (Fsp3) is 0.500. The Morgan fingerprint density at radius 3 is 2.55 bits per heavy atom. The molecule has 33 heavy (non-hydrogen) atoms. The number of aromatic nitrogens is 1. The Morgan fingerprint density at radius 1 is 1.18 bits per heavy atom. The maximum absolute atomic E-state index is 13.1. The zero-order chi connectivity index (χ0) is 23.9. The first-order chi connectivity index (χ1) is 15.5. The minimum Gasteiger partial charge on any atom is -0.478 e. The van der Waals surface area contributed by atoms with Gasteiger partial charge >= 0.3 is 12.1 Å². The number of hydrogen-bond donors (Lipinski definition) is 1. The van der Waals surface area contributed by atoms with Crippen molar-refractivity contribution in [2.45, 2.75) is 71.9 Å². The lowest BCUT2D eigenvalue weighted by Crippen LogP contribution is -2.39. The number of aryl methyl sites for hydroxylation is 1. The Bertz CT molecular complexity index is 1150.